The third-order valence-electron chi connectivity index (χ3n) is 4.99. The summed E-state index contributed by atoms with van der Waals surface area (Å²) in [6.07, 6.45) is 3.64. The standard InChI is InChI=1S/C22H26ClNO2S/c1-15-6-12-19(13-7-15)27-22-16(4-3-5-20(22)23)14-21(25)24-17-8-10-18(26-2)11-9-17/h6-13,16,20,22H,3-5,14H2,1-2H3,(H,24,25). The van der Waals surface area contributed by atoms with Gasteiger partial charge in [0.2, 0.25) is 5.91 Å². The number of nitrogens with one attached hydrogen (secondary N) is 1. The Morgan fingerprint density at radius 3 is 2.52 bits per heavy atom. The molecule has 1 saturated carbocycles. The van der Waals surface area contributed by atoms with Gasteiger partial charge >= 0.3 is 0 Å². The number of aryl methyl sites for hydroxylation is 1. The highest BCUT2D eigenvalue weighted by molar-refractivity contribution is 8.00. The molecule has 0 spiro atoms. The molecule has 5 heteroatoms. The van der Waals surface area contributed by atoms with Crippen LogP contribution in [-0.4, -0.2) is 23.6 Å². The van der Waals surface area contributed by atoms with Gasteiger partial charge in [0.1, 0.15) is 5.75 Å². The lowest BCUT2D eigenvalue weighted by Crippen LogP contribution is -2.34. The van der Waals surface area contributed by atoms with Crippen LogP contribution in [0.2, 0.25) is 0 Å². The molecule has 1 aliphatic rings. The molecule has 3 nitrogen and oxygen atoms in total. The van der Waals surface area contributed by atoms with Crippen molar-refractivity contribution < 1.29 is 9.53 Å². The third kappa shape index (κ3) is 5.66. The van der Waals surface area contributed by atoms with E-state index in [4.69, 9.17) is 16.3 Å². The SMILES string of the molecule is COc1ccc(NC(=O)CC2CCCC(Cl)C2Sc2ccc(C)cc2)cc1. The maximum absolute atomic E-state index is 12.6. The summed E-state index contributed by atoms with van der Waals surface area (Å²) in [6, 6.07) is 16.0. The van der Waals surface area contributed by atoms with Crippen LogP contribution < -0.4 is 10.1 Å². The predicted molar refractivity (Wildman–Crippen MR) is 114 cm³/mol. The lowest BCUT2D eigenvalue weighted by Gasteiger charge is -2.34. The lowest BCUT2D eigenvalue weighted by molar-refractivity contribution is -0.117. The van der Waals surface area contributed by atoms with Gasteiger partial charge in [-0.05, 0) is 62.1 Å². The van der Waals surface area contributed by atoms with E-state index in [0.717, 1.165) is 30.7 Å². The van der Waals surface area contributed by atoms with E-state index in [2.05, 4.69) is 36.5 Å². The number of hydrogen-bond donors (Lipinski definition) is 1. The Morgan fingerprint density at radius 1 is 1.15 bits per heavy atom. The second-order valence-corrected chi connectivity index (χ2v) is 8.90. The molecule has 1 fully saturated rings. The molecule has 1 amide bonds. The topological polar surface area (TPSA) is 38.3 Å². The van der Waals surface area contributed by atoms with Crippen molar-refractivity contribution in [3.05, 3.63) is 54.1 Å². The Labute approximate surface area is 170 Å². The molecule has 27 heavy (non-hydrogen) atoms. The van der Waals surface area contributed by atoms with Crippen LogP contribution in [0.4, 0.5) is 5.69 Å². The molecule has 0 aromatic heterocycles. The fourth-order valence-corrected chi connectivity index (χ4v) is 5.32. The maximum Gasteiger partial charge on any atom is 0.224 e. The zero-order valence-electron chi connectivity index (χ0n) is 15.8. The number of rotatable bonds is 6. The molecule has 0 aliphatic heterocycles. The Hall–Kier alpha value is -1.65. The molecule has 3 rings (SSSR count). The number of carbonyl (C=O) groups is 1. The van der Waals surface area contributed by atoms with Crippen molar-refractivity contribution in [3.8, 4) is 5.75 Å². The molecule has 1 aliphatic carbocycles. The van der Waals surface area contributed by atoms with Crippen LogP contribution in [0, 0.1) is 12.8 Å². The van der Waals surface area contributed by atoms with E-state index < -0.39 is 0 Å². The molecular formula is C22H26ClNO2S. The first kappa shape index (κ1) is 20.1. The molecule has 0 radical (unpaired) electrons. The minimum absolute atomic E-state index is 0.0467. The summed E-state index contributed by atoms with van der Waals surface area (Å²) >= 11 is 8.48. The lowest BCUT2D eigenvalue weighted by atomic mass is 9.86. The average molecular weight is 404 g/mol. The van der Waals surface area contributed by atoms with E-state index >= 15 is 0 Å². The van der Waals surface area contributed by atoms with E-state index in [1.807, 2.05) is 36.0 Å². The van der Waals surface area contributed by atoms with Crippen molar-refractivity contribution >= 4 is 35.0 Å². The number of ether oxygens (including phenoxy) is 1. The van der Waals surface area contributed by atoms with E-state index in [1.165, 1.54) is 10.5 Å². The Bertz CT molecular complexity index is 748. The normalized spacial score (nSPS) is 22.3. The quantitative estimate of drug-likeness (QED) is 0.610. The van der Waals surface area contributed by atoms with Crippen molar-refractivity contribution in [2.24, 2.45) is 5.92 Å². The second kappa shape index (κ2) is 9.52. The van der Waals surface area contributed by atoms with Crippen molar-refractivity contribution in [2.75, 3.05) is 12.4 Å². The number of thioether (sulfide) groups is 1. The highest BCUT2D eigenvalue weighted by Crippen LogP contribution is 2.41. The third-order valence-corrected chi connectivity index (χ3v) is 7.16. The Balaban J connectivity index is 1.63. The average Bonchev–Trinajstić information content (AvgIpc) is 2.66. The predicted octanol–water partition coefficient (Wildman–Crippen LogP) is 5.90. The summed E-state index contributed by atoms with van der Waals surface area (Å²) in [7, 11) is 1.63. The van der Waals surface area contributed by atoms with Gasteiger partial charge < -0.3 is 10.1 Å². The highest BCUT2D eigenvalue weighted by atomic mass is 35.5. The van der Waals surface area contributed by atoms with Crippen molar-refractivity contribution in [1.29, 1.82) is 0 Å². The van der Waals surface area contributed by atoms with Gasteiger partial charge in [-0.25, -0.2) is 0 Å². The molecule has 2 aromatic carbocycles. The van der Waals surface area contributed by atoms with Gasteiger partial charge in [-0.15, -0.1) is 23.4 Å². The zero-order valence-corrected chi connectivity index (χ0v) is 17.4. The molecule has 3 atom stereocenters. The van der Waals surface area contributed by atoms with Crippen LogP contribution in [0.5, 0.6) is 5.75 Å². The van der Waals surface area contributed by atoms with Gasteiger partial charge in [0.05, 0.1) is 7.11 Å². The van der Waals surface area contributed by atoms with E-state index in [9.17, 15) is 4.79 Å². The number of benzene rings is 2. The number of amides is 1. The number of methoxy groups -OCH3 is 1. The van der Waals surface area contributed by atoms with Crippen LogP contribution in [0.1, 0.15) is 31.2 Å². The minimum atomic E-state index is 0.0467. The number of hydrogen-bond acceptors (Lipinski definition) is 3. The first-order valence-corrected chi connectivity index (χ1v) is 10.7. The Kier molecular flexibility index (Phi) is 7.08. The van der Waals surface area contributed by atoms with Gasteiger partial charge in [0.15, 0.2) is 0 Å². The zero-order chi connectivity index (χ0) is 19.2. The second-order valence-electron chi connectivity index (χ2n) is 7.08. The monoisotopic (exact) mass is 403 g/mol. The van der Waals surface area contributed by atoms with Crippen LogP contribution in [0.3, 0.4) is 0 Å². The van der Waals surface area contributed by atoms with E-state index in [1.54, 1.807) is 7.11 Å². The number of halogens is 1. The molecule has 0 saturated heterocycles. The van der Waals surface area contributed by atoms with Gasteiger partial charge in [-0.3, -0.25) is 4.79 Å². The van der Waals surface area contributed by atoms with Crippen molar-refractivity contribution in [1.82, 2.24) is 0 Å². The first-order valence-electron chi connectivity index (χ1n) is 9.36. The van der Waals surface area contributed by atoms with Crippen molar-refractivity contribution in [3.63, 3.8) is 0 Å². The molecule has 2 aromatic rings. The first-order chi connectivity index (χ1) is 13.0. The number of alkyl halides is 1. The molecule has 3 unspecified atom stereocenters. The van der Waals surface area contributed by atoms with Crippen molar-refractivity contribution in [2.45, 2.75) is 48.1 Å². The van der Waals surface area contributed by atoms with Crippen LogP contribution in [0.25, 0.3) is 0 Å². The minimum Gasteiger partial charge on any atom is -0.497 e. The fraction of sp³-hybridized carbons (Fsp3) is 0.409. The number of anilines is 1. The van der Waals surface area contributed by atoms with Gasteiger partial charge in [-0.1, -0.05) is 24.1 Å². The Morgan fingerprint density at radius 2 is 1.85 bits per heavy atom. The van der Waals surface area contributed by atoms with Gasteiger partial charge in [-0.2, -0.15) is 0 Å². The van der Waals surface area contributed by atoms with E-state index in [-0.39, 0.29) is 22.5 Å². The highest BCUT2D eigenvalue weighted by Gasteiger charge is 2.34. The smallest absolute Gasteiger partial charge is 0.224 e. The van der Waals surface area contributed by atoms with Crippen LogP contribution >= 0.6 is 23.4 Å². The molecule has 0 heterocycles. The molecular weight excluding hydrogens is 378 g/mol. The molecule has 1 N–H and O–H groups in total. The van der Waals surface area contributed by atoms with Gasteiger partial charge in [0.25, 0.3) is 0 Å². The molecule has 0 bridgehead atoms. The summed E-state index contributed by atoms with van der Waals surface area (Å²) in [6.45, 7) is 2.09. The summed E-state index contributed by atoms with van der Waals surface area (Å²) in [5.41, 5.74) is 2.04. The van der Waals surface area contributed by atoms with Crippen LogP contribution in [-0.2, 0) is 4.79 Å². The maximum atomic E-state index is 12.6. The van der Waals surface area contributed by atoms with Gasteiger partial charge in [0, 0.05) is 27.6 Å². The largest absolute Gasteiger partial charge is 0.497 e. The summed E-state index contributed by atoms with van der Waals surface area (Å²) in [5, 5.41) is 3.36. The summed E-state index contributed by atoms with van der Waals surface area (Å²) < 4.78 is 5.16. The van der Waals surface area contributed by atoms with E-state index in [0.29, 0.717) is 6.42 Å². The fourth-order valence-electron chi connectivity index (χ4n) is 3.49. The summed E-state index contributed by atoms with van der Waals surface area (Å²) in [5.74, 6) is 1.11. The summed E-state index contributed by atoms with van der Waals surface area (Å²) in [4.78, 5) is 13.8. The number of carbonyl (C=O) groups excluding carboxylic acids is 1. The van der Waals surface area contributed by atoms with Crippen LogP contribution in [0.15, 0.2) is 53.4 Å². The molecule has 144 valence electrons.